The lowest BCUT2D eigenvalue weighted by Gasteiger charge is -2.20. The van der Waals surface area contributed by atoms with E-state index >= 15 is 0 Å². The van der Waals surface area contributed by atoms with Gasteiger partial charge in [0.15, 0.2) is 0 Å². The number of methoxy groups -OCH3 is 1. The number of carbonyl (C=O) groups excluding carboxylic acids is 2. The zero-order chi connectivity index (χ0) is 18.5. The van der Waals surface area contributed by atoms with Gasteiger partial charge in [-0.3, -0.25) is 29.8 Å². The summed E-state index contributed by atoms with van der Waals surface area (Å²) in [7, 11) is 1.20. The fourth-order valence-electron chi connectivity index (χ4n) is 2.79. The number of fused-ring (bicyclic) bond motifs is 2. The van der Waals surface area contributed by atoms with Crippen LogP contribution in [0.25, 0.3) is 0 Å². The number of nitro groups is 2. The third kappa shape index (κ3) is 2.11. The second kappa shape index (κ2) is 5.37. The van der Waals surface area contributed by atoms with Crippen molar-refractivity contribution in [3.8, 4) is 11.5 Å². The first kappa shape index (κ1) is 16.1. The molecule has 0 heterocycles. The van der Waals surface area contributed by atoms with Crippen molar-refractivity contribution in [2.45, 2.75) is 0 Å². The van der Waals surface area contributed by atoms with Gasteiger partial charge in [0.2, 0.25) is 11.6 Å². The fourth-order valence-corrected chi connectivity index (χ4v) is 2.79. The summed E-state index contributed by atoms with van der Waals surface area (Å²) in [6, 6.07) is 3.89. The molecular weight excluding hydrogens is 336 g/mol. The first-order chi connectivity index (χ1) is 11.8. The summed E-state index contributed by atoms with van der Waals surface area (Å²) >= 11 is 0. The topological polar surface area (TPSA) is 150 Å². The average molecular weight is 344 g/mol. The molecule has 1 N–H and O–H groups in total. The summed E-state index contributed by atoms with van der Waals surface area (Å²) in [4.78, 5) is 46.2. The SMILES string of the molecule is COc1ccc([N+](=O)[O-])c2c1C(=O)c1c(O)ccc([N+](=O)[O-])c1C2=O. The van der Waals surface area contributed by atoms with Crippen LogP contribution >= 0.6 is 0 Å². The molecule has 0 spiro atoms. The zero-order valence-corrected chi connectivity index (χ0v) is 12.5. The van der Waals surface area contributed by atoms with Crippen LogP contribution in [0.4, 0.5) is 11.4 Å². The van der Waals surface area contributed by atoms with Crippen molar-refractivity contribution < 1.29 is 29.3 Å². The van der Waals surface area contributed by atoms with Crippen molar-refractivity contribution in [2.24, 2.45) is 0 Å². The number of hydrogen-bond acceptors (Lipinski definition) is 8. The van der Waals surface area contributed by atoms with E-state index in [2.05, 4.69) is 0 Å². The Morgan fingerprint density at radius 2 is 1.32 bits per heavy atom. The zero-order valence-electron chi connectivity index (χ0n) is 12.5. The van der Waals surface area contributed by atoms with Crippen LogP contribution < -0.4 is 4.74 Å². The first-order valence-electron chi connectivity index (χ1n) is 6.74. The molecule has 10 nitrogen and oxygen atoms in total. The molecule has 0 aliphatic heterocycles. The molecule has 3 rings (SSSR count). The van der Waals surface area contributed by atoms with E-state index in [-0.39, 0.29) is 5.75 Å². The van der Waals surface area contributed by atoms with E-state index < -0.39 is 60.8 Å². The van der Waals surface area contributed by atoms with Gasteiger partial charge in [0, 0.05) is 12.1 Å². The van der Waals surface area contributed by atoms with E-state index in [0.717, 1.165) is 24.3 Å². The molecule has 0 unspecified atom stereocenters. The summed E-state index contributed by atoms with van der Waals surface area (Å²) in [5.41, 5.74) is -3.68. The average Bonchev–Trinajstić information content (AvgIpc) is 2.57. The molecule has 1 aliphatic carbocycles. The van der Waals surface area contributed by atoms with Crippen LogP contribution in [-0.2, 0) is 0 Å². The predicted octanol–water partition coefficient (Wildman–Crippen LogP) is 1.99. The van der Waals surface area contributed by atoms with E-state index in [1.165, 1.54) is 7.11 Å². The molecule has 0 saturated heterocycles. The lowest BCUT2D eigenvalue weighted by atomic mass is 9.81. The van der Waals surface area contributed by atoms with Crippen molar-refractivity contribution in [1.82, 2.24) is 0 Å². The van der Waals surface area contributed by atoms with Gasteiger partial charge in [0.1, 0.15) is 22.6 Å². The Balaban J connectivity index is 2.48. The monoisotopic (exact) mass is 344 g/mol. The third-order valence-corrected chi connectivity index (χ3v) is 3.83. The highest BCUT2D eigenvalue weighted by atomic mass is 16.6. The smallest absolute Gasteiger partial charge is 0.281 e. The maximum absolute atomic E-state index is 12.8. The molecule has 2 aromatic carbocycles. The number of phenols is 1. The number of ether oxygens (including phenoxy) is 1. The van der Waals surface area contributed by atoms with Gasteiger partial charge in [0.25, 0.3) is 11.4 Å². The lowest BCUT2D eigenvalue weighted by molar-refractivity contribution is -0.385. The van der Waals surface area contributed by atoms with Gasteiger partial charge in [-0.2, -0.15) is 0 Å². The highest BCUT2D eigenvalue weighted by Crippen LogP contribution is 2.43. The minimum atomic E-state index is -1.10. The molecule has 0 fully saturated rings. The molecule has 1 aliphatic rings. The maximum Gasteiger partial charge on any atom is 0.281 e. The van der Waals surface area contributed by atoms with Gasteiger partial charge < -0.3 is 9.84 Å². The molecule has 126 valence electrons. The molecular formula is C15H8N2O8. The van der Waals surface area contributed by atoms with Crippen LogP contribution in [-0.4, -0.2) is 33.6 Å². The first-order valence-corrected chi connectivity index (χ1v) is 6.74. The van der Waals surface area contributed by atoms with Gasteiger partial charge in [0.05, 0.1) is 28.1 Å². The Morgan fingerprint density at radius 1 is 0.840 bits per heavy atom. The summed E-state index contributed by atoms with van der Waals surface area (Å²) in [6.07, 6.45) is 0. The van der Waals surface area contributed by atoms with E-state index in [1.54, 1.807) is 0 Å². The fraction of sp³-hybridized carbons (Fsp3) is 0.0667. The molecule has 0 bridgehead atoms. The minimum absolute atomic E-state index is 0.115. The van der Waals surface area contributed by atoms with Crippen molar-refractivity contribution in [2.75, 3.05) is 7.11 Å². The molecule has 0 radical (unpaired) electrons. The maximum atomic E-state index is 12.8. The quantitative estimate of drug-likeness (QED) is 0.559. The normalized spacial score (nSPS) is 12.4. The molecule has 25 heavy (non-hydrogen) atoms. The number of nitro benzene ring substituents is 2. The largest absolute Gasteiger partial charge is 0.507 e. The molecule has 10 heteroatoms. The number of hydrogen-bond donors (Lipinski definition) is 1. The second-order valence-corrected chi connectivity index (χ2v) is 5.06. The number of ketones is 2. The van der Waals surface area contributed by atoms with E-state index in [0.29, 0.717) is 0 Å². The predicted molar refractivity (Wildman–Crippen MR) is 81.3 cm³/mol. The van der Waals surface area contributed by atoms with E-state index in [1.807, 2.05) is 0 Å². The highest BCUT2D eigenvalue weighted by Gasteiger charge is 2.43. The van der Waals surface area contributed by atoms with E-state index in [4.69, 9.17) is 4.74 Å². The number of nitrogens with zero attached hydrogens (tertiary/aromatic N) is 2. The van der Waals surface area contributed by atoms with Crippen LogP contribution in [0.2, 0.25) is 0 Å². The second-order valence-electron chi connectivity index (χ2n) is 5.06. The standard InChI is InChI=1S/C15H8N2O8/c1-25-9-5-3-7(17(23)24)11-13(9)15(20)12-8(18)4-2-6(16(21)22)10(12)14(11)19/h2-5,18H,1H3. The Kier molecular flexibility index (Phi) is 3.45. The number of rotatable bonds is 3. The van der Waals surface area contributed by atoms with Crippen LogP contribution in [0.3, 0.4) is 0 Å². The molecule has 0 atom stereocenters. The Bertz CT molecular complexity index is 996. The van der Waals surface area contributed by atoms with Gasteiger partial charge >= 0.3 is 0 Å². The summed E-state index contributed by atoms with van der Waals surface area (Å²) in [5.74, 6) is -2.82. The van der Waals surface area contributed by atoms with Crippen molar-refractivity contribution in [3.05, 3.63) is 66.7 Å². The van der Waals surface area contributed by atoms with E-state index in [9.17, 15) is 34.9 Å². The number of phenolic OH excluding ortho intramolecular Hbond substituents is 1. The Hall–Kier alpha value is -3.82. The van der Waals surface area contributed by atoms with Crippen LogP contribution in [0.5, 0.6) is 11.5 Å². The van der Waals surface area contributed by atoms with Gasteiger partial charge in [-0.05, 0) is 12.1 Å². The molecule has 0 aromatic heterocycles. The van der Waals surface area contributed by atoms with Crippen LogP contribution in [0.1, 0.15) is 31.8 Å². The van der Waals surface area contributed by atoms with Crippen LogP contribution in [0.15, 0.2) is 24.3 Å². The van der Waals surface area contributed by atoms with Crippen molar-refractivity contribution in [3.63, 3.8) is 0 Å². The van der Waals surface area contributed by atoms with Gasteiger partial charge in [-0.25, -0.2) is 0 Å². The number of carbonyl (C=O) groups is 2. The van der Waals surface area contributed by atoms with Gasteiger partial charge in [-0.1, -0.05) is 0 Å². The minimum Gasteiger partial charge on any atom is -0.507 e. The number of aromatic hydroxyl groups is 1. The van der Waals surface area contributed by atoms with Crippen molar-refractivity contribution in [1.29, 1.82) is 0 Å². The summed E-state index contributed by atoms with van der Waals surface area (Å²) < 4.78 is 4.99. The van der Waals surface area contributed by atoms with Crippen LogP contribution in [0, 0.1) is 20.2 Å². The molecule has 0 amide bonds. The highest BCUT2D eigenvalue weighted by molar-refractivity contribution is 6.32. The lowest BCUT2D eigenvalue weighted by Crippen LogP contribution is -2.24. The molecule has 2 aromatic rings. The number of benzene rings is 2. The molecule has 0 saturated carbocycles. The Labute approximate surface area is 138 Å². The third-order valence-electron chi connectivity index (χ3n) is 3.83. The van der Waals surface area contributed by atoms with Gasteiger partial charge in [-0.15, -0.1) is 0 Å². The summed E-state index contributed by atoms with van der Waals surface area (Å²) in [5, 5.41) is 32.4. The summed E-state index contributed by atoms with van der Waals surface area (Å²) in [6.45, 7) is 0. The van der Waals surface area contributed by atoms with Crippen molar-refractivity contribution >= 4 is 22.9 Å². The Morgan fingerprint density at radius 3 is 1.84 bits per heavy atom.